The van der Waals surface area contributed by atoms with Crippen molar-refractivity contribution < 1.29 is 9.53 Å². The van der Waals surface area contributed by atoms with E-state index in [1.165, 1.54) is 19.3 Å². The predicted molar refractivity (Wildman–Crippen MR) is 99.3 cm³/mol. The van der Waals surface area contributed by atoms with Crippen LogP contribution in [0.5, 0.6) is 0 Å². The van der Waals surface area contributed by atoms with Gasteiger partial charge < -0.3 is 15.8 Å². The Hall–Kier alpha value is -1.43. The highest BCUT2D eigenvalue weighted by Gasteiger charge is 2.39. The van der Waals surface area contributed by atoms with Crippen LogP contribution in [0, 0.1) is 0 Å². The van der Waals surface area contributed by atoms with Gasteiger partial charge in [0.2, 0.25) is 5.91 Å². The van der Waals surface area contributed by atoms with Crippen LogP contribution in [0.3, 0.4) is 0 Å². The molecule has 1 aromatic rings. The zero-order valence-corrected chi connectivity index (χ0v) is 15.1. The first kappa shape index (κ1) is 18.4. The van der Waals surface area contributed by atoms with Gasteiger partial charge in [-0.15, -0.1) is 0 Å². The number of ether oxygens (including phenoxy) is 1. The third kappa shape index (κ3) is 4.81. The molecule has 1 unspecified atom stereocenters. The number of hydrogen-bond acceptors (Lipinski definition) is 4. The van der Waals surface area contributed by atoms with Crippen molar-refractivity contribution in [3.8, 4) is 0 Å². The average molecular weight is 345 g/mol. The fraction of sp³-hybridized carbons (Fsp3) is 0.650. The van der Waals surface area contributed by atoms with E-state index in [1.54, 1.807) is 0 Å². The standard InChI is InChI=1S/C20H31N3O2/c21-18(15-17-7-3-1-4-8-17)19(24)22-16-20(9-5-2-6-10-20)23-11-13-25-14-12-23/h1,3-4,7-8,18H,2,5-6,9-16,21H2,(H,22,24). The molecule has 3 rings (SSSR count). The number of hydrogen-bond donors (Lipinski definition) is 2. The van der Waals surface area contributed by atoms with E-state index >= 15 is 0 Å². The van der Waals surface area contributed by atoms with Crippen molar-refractivity contribution in [2.45, 2.75) is 50.1 Å². The van der Waals surface area contributed by atoms with Crippen LogP contribution in [-0.4, -0.2) is 55.2 Å². The molecule has 0 aromatic heterocycles. The van der Waals surface area contributed by atoms with Gasteiger partial charge in [0.05, 0.1) is 19.3 Å². The lowest BCUT2D eigenvalue weighted by atomic mass is 9.79. The Balaban J connectivity index is 1.57. The van der Waals surface area contributed by atoms with Crippen molar-refractivity contribution in [3.05, 3.63) is 35.9 Å². The number of morpholine rings is 1. The molecule has 1 heterocycles. The van der Waals surface area contributed by atoms with Crippen LogP contribution >= 0.6 is 0 Å². The fourth-order valence-corrected chi connectivity index (χ4v) is 4.20. The summed E-state index contributed by atoms with van der Waals surface area (Å²) >= 11 is 0. The normalized spacial score (nSPS) is 22.3. The lowest BCUT2D eigenvalue weighted by molar-refractivity contribution is -0.123. The quantitative estimate of drug-likeness (QED) is 0.824. The van der Waals surface area contributed by atoms with Crippen LogP contribution in [-0.2, 0) is 16.0 Å². The molecule has 2 fully saturated rings. The number of carbonyl (C=O) groups is 1. The van der Waals surface area contributed by atoms with Gasteiger partial charge in [-0.25, -0.2) is 0 Å². The van der Waals surface area contributed by atoms with Crippen LogP contribution < -0.4 is 11.1 Å². The topological polar surface area (TPSA) is 67.6 Å². The second-order valence-corrected chi connectivity index (χ2v) is 7.40. The van der Waals surface area contributed by atoms with Crippen molar-refractivity contribution in [1.29, 1.82) is 0 Å². The number of nitrogens with zero attached hydrogens (tertiary/aromatic N) is 1. The van der Waals surface area contributed by atoms with Crippen molar-refractivity contribution in [1.82, 2.24) is 10.2 Å². The average Bonchev–Trinajstić information content (AvgIpc) is 2.68. The smallest absolute Gasteiger partial charge is 0.237 e. The fourth-order valence-electron chi connectivity index (χ4n) is 4.20. The lowest BCUT2D eigenvalue weighted by Gasteiger charge is -2.48. The highest BCUT2D eigenvalue weighted by Crippen LogP contribution is 2.33. The maximum absolute atomic E-state index is 12.5. The van der Waals surface area contributed by atoms with Crippen LogP contribution in [0.15, 0.2) is 30.3 Å². The van der Waals surface area contributed by atoms with E-state index in [-0.39, 0.29) is 11.4 Å². The van der Waals surface area contributed by atoms with Crippen molar-refractivity contribution in [3.63, 3.8) is 0 Å². The molecule has 1 aliphatic heterocycles. The Morgan fingerprint density at radius 3 is 2.52 bits per heavy atom. The van der Waals surface area contributed by atoms with Gasteiger partial charge in [0, 0.05) is 25.2 Å². The first-order valence-corrected chi connectivity index (χ1v) is 9.60. The molecule has 1 amide bonds. The summed E-state index contributed by atoms with van der Waals surface area (Å²) < 4.78 is 5.52. The van der Waals surface area contributed by atoms with Crippen LogP contribution in [0.2, 0.25) is 0 Å². The van der Waals surface area contributed by atoms with Gasteiger partial charge in [-0.1, -0.05) is 49.6 Å². The van der Waals surface area contributed by atoms with Gasteiger partial charge in [0.15, 0.2) is 0 Å². The molecule has 138 valence electrons. The summed E-state index contributed by atoms with van der Waals surface area (Å²) in [7, 11) is 0. The van der Waals surface area contributed by atoms with Crippen LogP contribution in [0.1, 0.15) is 37.7 Å². The molecule has 1 saturated carbocycles. The van der Waals surface area contributed by atoms with E-state index in [0.717, 1.165) is 44.7 Å². The zero-order valence-electron chi connectivity index (χ0n) is 15.1. The minimum Gasteiger partial charge on any atom is -0.379 e. The molecule has 0 bridgehead atoms. The third-order valence-electron chi connectivity index (χ3n) is 5.69. The Kier molecular flexibility index (Phi) is 6.45. The zero-order chi connectivity index (χ0) is 17.5. The van der Waals surface area contributed by atoms with Crippen LogP contribution in [0.4, 0.5) is 0 Å². The van der Waals surface area contributed by atoms with Gasteiger partial charge in [-0.2, -0.15) is 0 Å². The first-order valence-electron chi connectivity index (χ1n) is 9.60. The number of nitrogens with two attached hydrogens (primary N) is 1. The molecule has 2 aliphatic rings. The number of amides is 1. The second kappa shape index (κ2) is 8.79. The van der Waals surface area contributed by atoms with E-state index in [0.29, 0.717) is 13.0 Å². The Morgan fingerprint density at radius 2 is 1.84 bits per heavy atom. The molecule has 5 nitrogen and oxygen atoms in total. The Morgan fingerprint density at radius 1 is 1.16 bits per heavy atom. The maximum atomic E-state index is 12.5. The van der Waals surface area contributed by atoms with Gasteiger partial charge in [0.25, 0.3) is 0 Å². The van der Waals surface area contributed by atoms with Crippen LogP contribution in [0.25, 0.3) is 0 Å². The van der Waals surface area contributed by atoms with Crippen molar-refractivity contribution >= 4 is 5.91 Å². The molecule has 3 N–H and O–H groups in total. The largest absolute Gasteiger partial charge is 0.379 e. The van der Waals surface area contributed by atoms with Gasteiger partial charge in [-0.05, 0) is 24.8 Å². The van der Waals surface area contributed by atoms with E-state index in [9.17, 15) is 4.79 Å². The lowest BCUT2D eigenvalue weighted by Crippen LogP contribution is -2.60. The summed E-state index contributed by atoms with van der Waals surface area (Å²) in [5.41, 5.74) is 7.33. The molecule has 1 atom stereocenters. The summed E-state index contributed by atoms with van der Waals surface area (Å²) in [5, 5.41) is 3.16. The SMILES string of the molecule is NC(Cc1ccccc1)C(=O)NCC1(N2CCOCC2)CCCCC1. The molecular formula is C20H31N3O2. The molecule has 0 radical (unpaired) electrons. The first-order chi connectivity index (χ1) is 12.2. The number of benzene rings is 1. The third-order valence-corrected chi connectivity index (χ3v) is 5.69. The van der Waals surface area contributed by atoms with Gasteiger partial charge in [-0.3, -0.25) is 9.69 Å². The summed E-state index contributed by atoms with van der Waals surface area (Å²) in [6.45, 7) is 4.22. The predicted octanol–water partition coefficient (Wildman–Crippen LogP) is 1.71. The van der Waals surface area contributed by atoms with E-state index in [4.69, 9.17) is 10.5 Å². The van der Waals surface area contributed by atoms with Gasteiger partial charge in [0.1, 0.15) is 0 Å². The monoisotopic (exact) mass is 345 g/mol. The molecule has 5 heteroatoms. The minimum atomic E-state index is -0.493. The second-order valence-electron chi connectivity index (χ2n) is 7.40. The highest BCUT2D eigenvalue weighted by atomic mass is 16.5. The summed E-state index contributed by atoms with van der Waals surface area (Å²) in [6.07, 6.45) is 6.67. The maximum Gasteiger partial charge on any atom is 0.237 e. The van der Waals surface area contributed by atoms with Crippen molar-refractivity contribution in [2.24, 2.45) is 5.73 Å². The minimum absolute atomic E-state index is 0.0398. The molecule has 0 spiro atoms. The van der Waals surface area contributed by atoms with Gasteiger partial charge >= 0.3 is 0 Å². The summed E-state index contributed by atoms with van der Waals surface area (Å²) in [6, 6.07) is 9.48. The number of carbonyl (C=O) groups excluding carboxylic acids is 1. The Bertz CT molecular complexity index is 537. The molecule has 1 saturated heterocycles. The van der Waals surface area contributed by atoms with E-state index in [2.05, 4.69) is 10.2 Å². The molecule has 1 aromatic carbocycles. The highest BCUT2D eigenvalue weighted by molar-refractivity contribution is 5.81. The summed E-state index contributed by atoms with van der Waals surface area (Å²) in [5.74, 6) is -0.0398. The molecular weight excluding hydrogens is 314 g/mol. The Labute approximate surface area is 150 Å². The van der Waals surface area contributed by atoms with E-state index < -0.39 is 6.04 Å². The molecule has 25 heavy (non-hydrogen) atoms. The van der Waals surface area contributed by atoms with E-state index in [1.807, 2.05) is 30.3 Å². The van der Waals surface area contributed by atoms with Crippen molar-refractivity contribution in [2.75, 3.05) is 32.8 Å². The number of rotatable bonds is 6. The summed E-state index contributed by atoms with van der Waals surface area (Å²) in [4.78, 5) is 15.1. The number of nitrogens with one attached hydrogen (secondary N) is 1. The molecule has 1 aliphatic carbocycles.